The number of anilines is 1. The average molecular weight is 410 g/mol. The molecule has 0 spiro atoms. The highest BCUT2D eigenvalue weighted by Gasteiger charge is 2.26. The van der Waals surface area contributed by atoms with Crippen LogP contribution in [0.4, 0.5) is 5.82 Å². The molecule has 1 fully saturated rings. The SMILES string of the molecule is O=S(=O)(c1ccc(NCc2ccc(-c3cccnc3)cc2)nc1)N1CCOCC1. The molecule has 1 N–H and O–H groups in total. The number of hydrogen-bond acceptors (Lipinski definition) is 6. The number of benzene rings is 1. The highest BCUT2D eigenvalue weighted by atomic mass is 32.2. The number of ether oxygens (including phenoxy) is 1. The zero-order chi connectivity index (χ0) is 20.1. The van der Waals surface area contributed by atoms with Crippen LogP contribution in [0.2, 0.25) is 0 Å². The van der Waals surface area contributed by atoms with Gasteiger partial charge in [0.15, 0.2) is 0 Å². The lowest BCUT2D eigenvalue weighted by Crippen LogP contribution is -2.40. The van der Waals surface area contributed by atoms with Crippen LogP contribution in [0, 0.1) is 0 Å². The van der Waals surface area contributed by atoms with E-state index in [1.165, 1.54) is 10.5 Å². The molecule has 0 unspecified atom stereocenters. The van der Waals surface area contributed by atoms with Crippen LogP contribution in [0.5, 0.6) is 0 Å². The molecule has 7 nitrogen and oxygen atoms in total. The third-order valence-corrected chi connectivity index (χ3v) is 6.65. The van der Waals surface area contributed by atoms with Gasteiger partial charge in [-0.25, -0.2) is 13.4 Å². The Kier molecular flexibility index (Phi) is 5.84. The molecule has 1 aliphatic rings. The fourth-order valence-corrected chi connectivity index (χ4v) is 4.47. The van der Waals surface area contributed by atoms with E-state index in [2.05, 4.69) is 27.4 Å². The standard InChI is InChI=1S/C21H22N4O3S/c26-29(27,25-10-12-28-13-11-25)20-7-8-21(24-16-20)23-14-17-3-5-18(6-4-17)19-2-1-9-22-15-19/h1-9,15-16H,10-14H2,(H,23,24). The lowest BCUT2D eigenvalue weighted by Gasteiger charge is -2.25. The number of aromatic nitrogens is 2. The van der Waals surface area contributed by atoms with E-state index < -0.39 is 10.0 Å². The summed E-state index contributed by atoms with van der Waals surface area (Å²) in [4.78, 5) is 8.60. The molecule has 0 atom stereocenters. The first kappa shape index (κ1) is 19.5. The number of pyridine rings is 2. The van der Waals surface area contributed by atoms with Gasteiger partial charge in [-0.15, -0.1) is 0 Å². The fraction of sp³-hybridized carbons (Fsp3) is 0.238. The van der Waals surface area contributed by atoms with Crippen molar-refractivity contribution in [3.05, 3.63) is 72.7 Å². The normalized spacial score (nSPS) is 15.2. The van der Waals surface area contributed by atoms with Crippen molar-refractivity contribution < 1.29 is 13.2 Å². The summed E-state index contributed by atoms with van der Waals surface area (Å²) in [5, 5.41) is 3.23. The van der Waals surface area contributed by atoms with Gasteiger partial charge >= 0.3 is 0 Å². The lowest BCUT2D eigenvalue weighted by atomic mass is 10.1. The van der Waals surface area contributed by atoms with Gasteiger partial charge in [0.05, 0.1) is 13.2 Å². The van der Waals surface area contributed by atoms with E-state index in [9.17, 15) is 8.42 Å². The molecule has 1 aromatic carbocycles. The van der Waals surface area contributed by atoms with Gasteiger partial charge in [0.1, 0.15) is 10.7 Å². The summed E-state index contributed by atoms with van der Waals surface area (Å²) >= 11 is 0. The van der Waals surface area contributed by atoms with E-state index in [-0.39, 0.29) is 4.90 Å². The third kappa shape index (κ3) is 4.61. The van der Waals surface area contributed by atoms with Gasteiger partial charge in [-0.2, -0.15) is 4.31 Å². The summed E-state index contributed by atoms with van der Waals surface area (Å²) in [5.41, 5.74) is 3.29. The first-order valence-corrected chi connectivity index (χ1v) is 10.8. The van der Waals surface area contributed by atoms with E-state index >= 15 is 0 Å². The summed E-state index contributed by atoms with van der Waals surface area (Å²) < 4.78 is 31.9. The maximum Gasteiger partial charge on any atom is 0.244 e. The molecule has 8 heteroatoms. The predicted molar refractivity (Wildman–Crippen MR) is 111 cm³/mol. The molecule has 0 saturated carbocycles. The minimum absolute atomic E-state index is 0.200. The Morgan fingerprint density at radius 2 is 1.76 bits per heavy atom. The van der Waals surface area contributed by atoms with Gasteiger partial charge < -0.3 is 10.1 Å². The van der Waals surface area contributed by atoms with Crippen LogP contribution in [0.25, 0.3) is 11.1 Å². The molecule has 1 saturated heterocycles. The average Bonchev–Trinajstić information content (AvgIpc) is 2.79. The smallest absolute Gasteiger partial charge is 0.244 e. The van der Waals surface area contributed by atoms with E-state index in [0.717, 1.165) is 16.7 Å². The van der Waals surface area contributed by atoms with Crippen molar-refractivity contribution in [2.75, 3.05) is 31.6 Å². The molecule has 0 bridgehead atoms. The molecule has 3 aromatic rings. The summed E-state index contributed by atoms with van der Waals surface area (Å²) in [6.45, 7) is 2.18. The van der Waals surface area contributed by atoms with E-state index in [1.807, 2.05) is 30.5 Å². The Morgan fingerprint density at radius 1 is 0.966 bits per heavy atom. The second-order valence-electron chi connectivity index (χ2n) is 6.69. The van der Waals surface area contributed by atoms with Crippen LogP contribution >= 0.6 is 0 Å². The fourth-order valence-electron chi connectivity index (χ4n) is 3.11. The van der Waals surface area contributed by atoms with Crippen molar-refractivity contribution in [1.29, 1.82) is 0 Å². The molecule has 150 valence electrons. The zero-order valence-corrected chi connectivity index (χ0v) is 16.7. The first-order valence-electron chi connectivity index (χ1n) is 9.40. The predicted octanol–water partition coefficient (Wildman–Crippen LogP) is 2.78. The van der Waals surface area contributed by atoms with Gasteiger partial charge in [-0.1, -0.05) is 30.3 Å². The molecule has 29 heavy (non-hydrogen) atoms. The van der Waals surface area contributed by atoms with Gasteiger partial charge in [0.2, 0.25) is 10.0 Å². The van der Waals surface area contributed by atoms with Gasteiger partial charge in [-0.3, -0.25) is 4.98 Å². The van der Waals surface area contributed by atoms with Crippen LogP contribution in [-0.2, 0) is 21.3 Å². The molecule has 1 aliphatic heterocycles. The number of sulfonamides is 1. The monoisotopic (exact) mass is 410 g/mol. The Balaban J connectivity index is 1.38. The number of hydrogen-bond donors (Lipinski definition) is 1. The second-order valence-corrected chi connectivity index (χ2v) is 8.63. The van der Waals surface area contributed by atoms with Crippen LogP contribution in [0.1, 0.15) is 5.56 Å². The minimum Gasteiger partial charge on any atom is -0.379 e. The highest BCUT2D eigenvalue weighted by molar-refractivity contribution is 7.89. The second kappa shape index (κ2) is 8.69. The number of nitrogens with zero attached hydrogens (tertiary/aromatic N) is 3. The summed E-state index contributed by atoms with van der Waals surface area (Å²) in [6, 6.07) is 15.4. The van der Waals surface area contributed by atoms with Crippen molar-refractivity contribution in [2.45, 2.75) is 11.4 Å². The highest BCUT2D eigenvalue weighted by Crippen LogP contribution is 2.20. The molecule has 0 radical (unpaired) electrons. The summed E-state index contributed by atoms with van der Waals surface area (Å²) in [5.74, 6) is 0.627. The van der Waals surface area contributed by atoms with Crippen molar-refractivity contribution in [1.82, 2.24) is 14.3 Å². The quantitative estimate of drug-likeness (QED) is 0.673. The zero-order valence-electron chi connectivity index (χ0n) is 15.9. The van der Waals surface area contributed by atoms with Crippen molar-refractivity contribution in [2.24, 2.45) is 0 Å². The van der Waals surface area contributed by atoms with Crippen molar-refractivity contribution in [3.8, 4) is 11.1 Å². The minimum atomic E-state index is -3.52. The molecule has 3 heterocycles. The molecular formula is C21H22N4O3S. The van der Waals surface area contributed by atoms with E-state index in [0.29, 0.717) is 38.7 Å². The van der Waals surface area contributed by atoms with E-state index in [1.54, 1.807) is 18.3 Å². The molecule has 4 rings (SSSR count). The van der Waals surface area contributed by atoms with Gasteiger partial charge in [-0.05, 0) is 34.9 Å². The summed E-state index contributed by atoms with van der Waals surface area (Å²) in [6.07, 6.45) is 4.99. The lowest BCUT2D eigenvalue weighted by molar-refractivity contribution is 0.0730. The molecule has 2 aromatic heterocycles. The maximum absolute atomic E-state index is 12.6. The van der Waals surface area contributed by atoms with Gasteiger partial charge in [0.25, 0.3) is 0 Å². The van der Waals surface area contributed by atoms with Gasteiger partial charge in [0, 0.05) is 38.2 Å². The van der Waals surface area contributed by atoms with Crippen LogP contribution in [-0.4, -0.2) is 49.0 Å². The topological polar surface area (TPSA) is 84.4 Å². The Bertz CT molecular complexity index is 1030. The number of nitrogens with one attached hydrogen (secondary N) is 1. The molecule has 0 amide bonds. The number of morpholine rings is 1. The van der Waals surface area contributed by atoms with E-state index in [4.69, 9.17) is 4.74 Å². The Hall–Kier alpha value is -2.81. The third-order valence-electron chi connectivity index (χ3n) is 4.77. The van der Waals surface area contributed by atoms with Crippen LogP contribution in [0.15, 0.2) is 72.0 Å². The van der Waals surface area contributed by atoms with Crippen molar-refractivity contribution in [3.63, 3.8) is 0 Å². The maximum atomic E-state index is 12.6. The summed E-state index contributed by atoms with van der Waals surface area (Å²) in [7, 11) is -3.52. The van der Waals surface area contributed by atoms with Crippen LogP contribution < -0.4 is 5.32 Å². The first-order chi connectivity index (χ1) is 14.1. The Labute approximate surface area is 170 Å². The number of rotatable bonds is 6. The molecule has 0 aliphatic carbocycles. The largest absolute Gasteiger partial charge is 0.379 e. The van der Waals surface area contributed by atoms with Crippen LogP contribution in [0.3, 0.4) is 0 Å². The Morgan fingerprint density at radius 3 is 2.41 bits per heavy atom. The van der Waals surface area contributed by atoms with Crippen molar-refractivity contribution >= 4 is 15.8 Å². The molecular weight excluding hydrogens is 388 g/mol.